The fourth-order valence-corrected chi connectivity index (χ4v) is 3.73. The van der Waals surface area contributed by atoms with Gasteiger partial charge in [0.15, 0.2) is 11.5 Å². The molecule has 6 heteroatoms. The number of aliphatic carboxylic acids is 1. The molecule has 0 radical (unpaired) electrons. The lowest BCUT2D eigenvalue weighted by Crippen LogP contribution is -2.48. The van der Waals surface area contributed by atoms with E-state index < -0.39 is 16.8 Å². The average Bonchev–Trinajstić information content (AvgIpc) is 2.66. The van der Waals surface area contributed by atoms with Crippen LogP contribution in [0.25, 0.3) is 0 Å². The smallest absolute Gasteiger partial charge is 0.311 e. The van der Waals surface area contributed by atoms with Crippen molar-refractivity contribution in [1.29, 1.82) is 0 Å². The lowest BCUT2D eigenvalue weighted by Gasteiger charge is -2.34. The fourth-order valence-electron chi connectivity index (χ4n) is 3.73. The Morgan fingerprint density at radius 1 is 1.12 bits per heavy atom. The summed E-state index contributed by atoms with van der Waals surface area (Å²) in [4.78, 5) is 24.7. The Kier molecular flexibility index (Phi) is 5.12. The number of hydrogen-bond donors (Lipinski definition) is 2. The number of fused-ring (bicyclic) bond motifs is 1. The minimum Gasteiger partial charge on any atom is -0.486 e. The second-order valence-corrected chi connectivity index (χ2v) is 7.81. The number of amides is 1. The Morgan fingerprint density at radius 2 is 1.77 bits per heavy atom. The first-order valence-corrected chi connectivity index (χ1v) is 9.27. The molecule has 1 saturated carbocycles. The number of carboxylic acid groups (broad SMARTS) is 1. The Morgan fingerprint density at radius 3 is 2.42 bits per heavy atom. The zero-order chi connectivity index (χ0) is 18.8. The van der Waals surface area contributed by atoms with Gasteiger partial charge in [-0.3, -0.25) is 9.59 Å². The highest BCUT2D eigenvalue weighted by Crippen LogP contribution is 2.37. The van der Waals surface area contributed by atoms with E-state index in [1.165, 1.54) is 0 Å². The van der Waals surface area contributed by atoms with Crippen molar-refractivity contribution >= 4 is 11.9 Å². The highest BCUT2D eigenvalue weighted by atomic mass is 16.6. The van der Waals surface area contributed by atoms with Crippen molar-refractivity contribution in [3.05, 3.63) is 23.8 Å². The molecule has 0 aromatic heterocycles. The van der Waals surface area contributed by atoms with Crippen LogP contribution in [-0.4, -0.2) is 36.7 Å². The van der Waals surface area contributed by atoms with Gasteiger partial charge in [0.25, 0.3) is 0 Å². The van der Waals surface area contributed by atoms with Crippen LogP contribution in [0.15, 0.2) is 18.2 Å². The van der Waals surface area contributed by atoms with Gasteiger partial charge in [0.05, 0.1) is 10.8 Å². The van der Waals surface area contributed by atoms with Crippen LogP contribution in [0, 0.1) is 5.41 Å². The summed E-state index contributed by atoms with van der Waals surface area (Å²) >= 11 is 0. The number of rotatable bonds is 5. The standard InChI is InChI=1S/C20H27NO5/c1-19(2,14-6-7-15-16(12-14)26-11-10-25-15)17(22)21-13-20(18(23)24)8-4-3-5-9-20/h6-7,12H,3-5,8-11,13H2,1-2H3,(H,21,22)(H,23,24). The van der Waals surface area contributed by atoms with Crippen LogP contribution >= 0.6 is 0 Å². The van der Waals surface area contributed by atoms with Gasteiger partial charge in [0.1, 0.15) is 13.2 Å². The quantitative estimate of drug-likeness (QED) is 0.842. The second-order valence-electron chi connectivity index (χ2n) is 7.81. The highest BCUT2D eigenvalue weighted by Gasteiger charge is 2.41. The molecule has 1 aromatic rings. The van der Waals surface area contributed by atoms with Crippen LogP contribution in [0.2, 0.25) is 0 Å². The summed E-state index contributed by atoms with van der Waals surface area (Å²) in [6.07, 6.45) is 4.09. The van der Waals surface area contributed by atoms with Crippen LogP contribution in [0.4, 0.5) is 0 Å². The van der Waals surface area contributed by atoms with E-state index in [-0.39, 0.29) is 12.5 Å². The maximum Gasteiger partial charge on any atom is 0.311 e. The predicted octanol–water partition coefficient (Wildman–Crippen LogP) is 2.89. The summed E-state index contributed by atoms with van der Waals surface area (Å²) < 4.78 is 11.1. The number of hydrogen-bond acceptors (Lipinski definition) is 4. The van der Waals surface area contributed by atoms with E-state index in [9.17, 15) is 14.7 Å². The van der Waals surface area contributed by atoms with Gasteiger partial charge < -0.3 is 19.9 Å². The van der Waals surface area contributed by atoms with Crippen molar-refractivity contribution in [2.24, 2.45) is 5.41 Å². The number of carbonyl (C=O) groups is 2. The molecule has 2 aliphatic rings. The summed E-state index contributed by atoms with van der Waals surface area (Å²) in [5, 5.41) is 12.6. The molecule has 0 spiro atoms. The first kappa shape index (κ1) is 18.5. The zero-order valence-electron chi connectivity index (χ0n) is 15.5. The molecule has 6 nitrogen and oxygen atoms in total. The van der Waals surface area contributed by atoms with E-state index in [2.05, 4.69) is 5.32 Å². The third-order valence-corrected chi connectivity index (χ3v) is 5.68. The number of carbonyl (C=O) groups excluding carboxylic acids is 1. The fraction of sp³-hybridized carbons (Fsp3) is 0.600. The first-order chi connectivity index (χ1) is 12.3. The summed E-state index contributed by atoms with van der Waals surface area (Å²) in [7, 11) is 0. The van der Waals surface area contributed by atoms with E-state index in [0.717, 1.165) is 24.8 Å². The molecule has 0 unspecified atom stereocenters. The SMILES string of the molecule is CC(C)(C(=O)NCC1(C(=O)O)CCCCC1)c1ccc2c(c1)OCCO2. The molecule has 26 heavy (non-hydrogen) atoms. The maximum atomic E-state index is 12.9. The maximum absolute atomic E-state index is 12.9. The van der Waals surface area contributed by atoms with Crippen LogP contribution in [0.3, 0.4) is 0 Å². The molecule has 1 aliphatic carbocycles. The molecule has 1 fully saturated rings. The highest BCUT2D eigenvalue weighted by molar-refractivity contribution is 5.88. The largest absolute Gasteiger partial charge is 0.486 e. The molecule has 0 saturated heterocycles. The van der Waals surface area contributed by atoms with E-state index in [0.29, 0.717) is 37.6 Å². The van der Waals surface area contributed by atoms with Crippen molar-refractivity contribution in [3.8, 4) is 11.5 Å². The lowest BCUT2D eigenvalue weighted by atomic mass is 9.73. The summed E-state index contributed by atoms with van der Waals surface area (Å²) in [6.45, 7) is 4.86. The topological polar surface area (TPSA) is 84.9 Å². The molecule has 3 rings (SSSR count). The third kappa shape index (κ3) is 3.50. The molecule has 1 aliphatic heterocycles. The Balaban J connectivity index is 1.72. The molecule has 0 bridgehead atoms. The van der Waals surface area contributed by atoms with E-state index >= 15 is 0 Å². The third-order valence-electron chi connectivity index (χ3n) is 5.68. The van der Waals surface area contributed by atoms with Gasteiger partial charge in [-0.2, -0.15) is 0 Å². The summed E-state index contributed by atoms with van der Waals surface area (Å²) in [5.41, 5.74) is -0.826. The molecule has 1 amide bonds. The minimum absolute atomic E-state index is 0.176. The minimum atomic E-state index is -0.837. The summed E-state index contributed by atoms with van der Waals surface area (Å²) in [6, 6.07) is 5.51. The van der Waals surface area contributed by atoms with Crippen LogP contribution in [0.1, 0.15) is 51.5 Å². The normalized spacial score (nSPS) is 18.8. The first-order valence-electron chi connectivity index (χ1n) is 9.27. The Bertz CT molecular complexity index is 691. The molecule has 1 heterocycles. The molecule has 142 valence electrons. The Labute approximate surface area is 153 Å². The van der Waals surface area contributed by atoms with Crippen molar-refractivity contribution in [3.63, 3.8) is 0 Å². The average molecular weight is 361 g/mol. The van der Waals surface area contributed by atoms with Gasteiger partial charge in [-0.25, -0.2) is 0 Å². The van der Waals surface area contributed by atoms with Gasteiger partial charge >= 0.3 is 5.97 Å². The number of carboxylic acids is 1. The van der Waals surface area contributed by atoms with Gasteiger partial charge in [-0.1, -0.05) is 25.3 Å². The molecule has 1 aromatic carbocycles. The number of benzene rings is 1. The second kappa shape index (κ2) is 7.17. The van der Waals surface area contributed by atoms with E-state index in [1.54, 1.807) is 0 Å². The number of ether oxygens (including phenoxy) is 2. The molecule has 2 N–H and O–H groups in total. The van der Waals surface area contributed by atoms with Crippen molar-refractivity contribution in [2.45, 2.75) is 51.4 Å². The van der Waals surface area contributed by atoms with E-state index in [1.807, 2.05) is 32.0 Å². The predicted molar refractivity (Wildman–Crippen MR) is 96.6 cm³/mol. The van der Waals surface area contributed by atoms with Crippen LogP contribution in [-0.2, 0) is 15.0 Å². The van der Waals surface area contributed by atoms with Gasteiger partial charge in [-0.15, -0.1) is 0 Å². The Hall–Kier alpha value is -2.24. The van der Waals surface area contributed by atoms with Crippen LogP contribution in [0.5, 0.6) is 11.5 Å². The molecule has 0 atom stereocenters. The van der Waals surface area contributed by atoms with Crippen molar-refractivity contribution in [1.82, 2.24) is 5.32 Å². The molecular weight excluding hydrogens is 334 g/mol. The summed E-state index contributed by atoms with van der Waals surface area (Å²) in [5.74, 6) is 0.335. The lowest BCUT2D eigenvalue weighted by molar-refractivity contribution is -0.151. The molecular formula is C20H27NO5. The van der Waals surface area contributed by atoms with Gasteiger partial charge in [0, 0.05) is 6.54 Å². The number of nitrogens with one attached hydrogen (secondary N) is 1. The monoisotopic (exact) mass is 361 g/mol. The van der Waals surface area contributed by atoms with Crippen molar-refractivity contribution < 1.29 is 24.2 Å². The van der Waals surface area contributed by atoms with Crippen molar-refractivity contribution in [2.75, 3.05) is 19.8 Å². The van der Waals surface area contributed by atoms with Gasteiger partial charge in [0.2, 0.25) is 5.91 Å². The van der Waals surface area contributed by atoms with E-state index in [4.69, 9.17) is 9.47 Å². The van der Waals surface area contributed by atoms with Gasteiger partial charge in [-0.05, 0) is 44.4 Å². The van der Waals surface area contributed by atoms with Crippen LogP contribution < -0.4 is 14.8 Å². The zero-order valence-corrected chi connectivity index (χ0v) is 15.5.